The fourth-order valence-electron chi connectivity index (χ4n) is 1.86. The van der Waals surface area contributed by atoms with Gasteiger partial charge in [-0.05, 0) is 23.1 Å². The molecule has 2 N–H and O–H groups in total. The van der Waals surface area contributed by atoms with Gasteiger partial charge in [-0.2, -0.15) is 0 Å². The Hall–Kier alpha value is -1.97. The fourth-order valence-corrected chi connectivity index (χ4v) is 1.86. The Labute approximate surface area is 106 Å². The van der Waals surface area contributed by atoms with E-state index < -0.39 is 0 Å². The number of hydrogen-bond donors (Lipinski definition) is 2. The van der Waals surface area contributed by atoms with Gasteiger partial charge in [0.25, 0.3) is 5.56 Å². The van der Waals surface area contributed by atoms with E-state index in [4.69, 9.17) is 4.74 Å². The topological polar surface area (TPSA) is 57.9 Å². The van der Waals surface area contributed by atoms with Gasteiger partial charge in [0.1, 0.15) is 5.75 Å². The molecule has 0 amide bonds. The maximum Gasteiger partial charge on any atom is 0.264 e. The van der Waals surface area contributed by atoms with Crippen molar-refractivity contribution < 1.29 is 4.74 Å². The maximum absolute atomic E-state index is 11.2. The first-order valence-corrected chi connectivity index (χ1v) is 5.88. The lowest BCUT2D eigenvalue weighted by atomic mass is 9.85. The Morgan fingerprint density at radius 2 is 1.83 bits per heavy atom. The van der Waals surface area contributed by atoms with E-state index in [2.05, 4.69) is 37.0 Å². The van der Waals surface area contributed by atoms with Crippen molar-refractivity contribution in [2.75, 3.05) is 7.11 Å². The third kappa shape index (κ3) is 2.32. The van der Waals surface area contributed by atoms with Crippen LogP contribution in [0.4, 0.5) is 0 Å². The van der Waals surface area contributed by atoms with Crippen LogP contribution in [0.15, 0.2) is 29.1 Å². The van der Waals surface area contributed by atoms with Crippen molar-refractivity contribution in [2.45, 2.75) is 26.2 Å². The summed E-state index contributed by atoms with van der Waals surface area (Å²) in [5, 5.41) is 5.40. The summed E-state index contributed by atoms with van der Waals surface area (Å²) in [5.41, 5.74) is 2.73. The van der Waals surface area contributed by atoms with Gasteiger partial charge in [0, 0.05) is 11.6 Å². The van der Waals surface area contributed by atoms with Crippen LogP contribution in [0.1, 0.15) is 26.3 Å². The summed E-state index contributed by atoms with van der Waals surface area (Å²) in [5.74, 6) is 0.748. The standard InChI is InChI=1S/C14H18N2O2/c1-14(2,3)9-5-6-12(18-4)10(7-9)11-8-13(17)16-15-11/h5-8H,1-4H3,(H2,15,16,17). The van der Waals surface area contributed by atoms with Crippen molar-refractivity contribution in [2.24, 2.45) is 0 Å². The highest BCUT2D eigenvalue weighted by Crippen LogP contribution is 2.33. The number of aromatic amines is 2. The molecule has 0 atom stereocenters. The molecule has 0 aliphatic carbocycles. The molecule has 0 aliphatic rings. The molecule has 0 radical (unpaired) electrons. The minimum absolute atomic E-state index is 0.0532. The highest BCUT2D eigenvalue weighted by molar-refractivity contribution is 5.68. The fraction of sp³-hybridized carbons (Fsp3) is 0.357. The van der Waals surface area contributed by atoms with E-state index in [1.165, 1.54) is 11.6 Å². The Morgan fingerprint density at radius 1 is 1.11 bits per heavy atom. The molecule has 0 spiro atoms. The van der Waals surface area contributed by atoms with Crippen molar-refractivity contribution in [3.8, 4) is 17.0 Å². The second-order valence-corrected chi connectivity index (χ2v) is 5.34. The van der Waals surface area contributed by atoms with Crippen LogP contribution in [0.3, 0.4) is 0 Å². The minimum Gasteiger partial charge on any atom is -0.496 e. The summed E-state index contributed by atoms with van der Waals surface area (Å²) in [4.78, 5) is 11.2. The lowest BCUT2D eigenvalue weighted by Gasteiger charge is -2.20. The first kappa shape index (κ1) is 12.5. The van der Waals surface area contributed by atoms with Gasteiger partial charge in [0.15, 0.2) is 0 Å². The average Bonchev–Trinajstić information content (AvgIpc) is 2.73. The number of methoxy groups -OCH3 is 1. The Bertz CT molecular complexity index is 603. The van der Waals surface area contributed by atoms with Gasteiger partial charge in [0.05, 0.1) is 12.8 Å². The van der Waals surface area contributed by atoms with E-state index in [0.29, 0.717) is 0 Å². The van der Waals surface area contributed by atoms with Crippen LogP contribution >= 0.6 is 0 Å². The van der Waals surface area contributed by atoms with E-state index >= 15 is 0 Å². The second kappa shape index (κ2) is 4.37. The summed E-state index contributed by atoms with van der Waals surface area (Å²) in [7, 11) is 1.63. The van der Waals surface area contributed by atoms with Gasteiger partial charge >= 0.3 is 0 Å². The number of hydrogen-bond acceptors (Lipinski definition) is 2. The van der Waals surface area contributed by atoms with Gasteiger partial charge in [-0.1, -0.05) is 26.8 Å². The molecule has 0 saturated carbocycles. The first-order valence-electron chi connectivity index (χ1n) is 5.88. The average molecular weight is 246 g/mol. The molecule has 4 heteroatoms. The number of aromatic nitrogens is 2. The molecule has 18 heavy (non-hydrogen) atoms. The lowest BCUT2D eigenvalue weighted by molar-refractivity contribution is 0.415. The van der Waals surface area contributed by atoms with Crippen LogP contribution in [-0.4, -0.2) is 17.3 Å². The summed E-state index contributed by atoms with van der Waals surface area (Å²) in [6, 6.07) is 7.57. The molecule has 2 aromatic rings. The Kier molecular flexibility index (Phi) is 3.03. The van der Waals surface area contributed by atoms with Gasteiger partial charge in [-0.15, -0.1) is 0 Å². The number of nitrogens with one attached hydrogen (secondary N) is 2. The van der Waals surface area contributed by atoms with E-state index in [1.807, 2.05) is 12.1 Å². The first-order chi connectivity index (χ1) is 8.41. The number of H-pyrrole nitrogens is 2. The molecule has 0 fully saturated rings. The third-order valence-electron chi connectivity index (χ3n) is 2.95. The predicted molar refractivity (Wildman–Crippen MR) is 72.1 cm³/mol. The normalized spacial score (nSPS) is 11.6. The minimum atomic E-state index is -0.145. The van der Waals surface area contributed by atoms with E-state index in [9.17, 15) is 4.79 Å². The molecule has 0 unspecified atom stereocenters. The zero-order chi connectivity index (χ0) is 13.3. The smallest absolute Gasteiger partial charge is 0.264 e. The van der Waals surface area contributed by atoms with Crippen LogP contribution in [0.2, 0.25) is 0 Å². The van der Waals surface area contributed by atoms with Gasteiger partial charge < -0.3 is 4.74 Å². The molecular weight excluding hydrogens is 228 g/mol. The van der Waals surface area contributed by atoms with Crippen molar-refractivity contribution in [1.29, 1.82) is 0 Å². The van der Waals surface area contributed by atoms with Crippen LogP contribution in [-0.2, 0) is 5.41 Å². The summed E-state index contributed by atoms with van der Waals surface area (Å²) in [6.45, 7) is 6.45. The zero-order valence-corrected chi connectivity index (χ0v) is 11.1. The maximum atomic E-state index is 11.2. The lowest BCUT2D eigenvalue weighted by Crippen LogP contribution is -2.11. The van der Waals surface area contributed by atoms with Crippen molar-refractivity contribution in [1.82, 2.24) is 10.2 Å². The molecular formula is C14H18N2O2. The summed E-state index contributed by atoms with van der Waals surface area (Å²) < 4.78 is 5.34. The quantitative estimate of drug-likeness (QED) is 0.856. The highest BCUT2D eigenvalue weighted by atomic mass is 16.5. The molecule has 0 aliphatic heterocycles. The highest BCUT2D eigenvalue weighted by Gasteiger charge is 2.17. The molecule has 1 aromatic heterocycles. The number of benzene rings is 1. The number of rotatable bonds is 2. The molecule has 0 saturated heterocycles. The molecule has 0 bridgehead atoms. The van der Waals surface area contributed by atoms with Crippen LogP contribution in [0.5, 0.6) is 5.75 Å². The number of ether oxygens (including phenoxy) is 1. The van der Waals surface area contributed by atoms with Crippen LogP contribution in [0, 0.1) is 0 Å². The van der Waals surface area contributed by atoms with E-state index in [0.717, 1.165) is 17.0 Å². The summed E-state index contributed by atoms with van der Waals surface area (Å²) in [6.07, 6.45) is 0. The van der Waals surface area contributed by atoms with Gasteiger partial charge in [0.2, 0.25) is 0 Å². The van der Waals surface area contributed by atoms with Gasteiger partial charge in [-0.3, -0.25) is 15.0 Å². The monoisotopic (exact) mass is 246 g/mol. The van der Waals surface area contributed by atoms with E-state index in [-0.39, 0.29) is 11.0 Å². The largest absolute Gasteiger partial charge is 0.496 e. The van der Waals surface area contributed by atoms with Crippen LogP contribution in [0.25, 0.3) is 11.3 Å². The molecule has 1 heterocycles. The van der Waals surface area contributed by atoms with E-state index in [1.54, 1.807) is 7.11 Å². The Balaban J connectivity index is 2.60. The van der Waals surface area contributed by atoms with Crippen molar-refractivity contribution in [3.63, 3.8) is 0 Å². The second-order valence-electron chi connectivity index (χ2n) is 5.34. The molecule has 2 rings (SSSR count). The van der Waals surface area contributed by atoms with Crippen molar-refractivity contribution in [3.05, 3.63) is 40.2 Å². The molecule has 96 valence electrons. The molecule has 1 aromatic carbocycles. The van der Waals surface area contributed by atoms with Gasteiger partial charge in [-0.25, -0.2) is 0 Å². The third-order valence-corrected chi connectivity index (χ3v) is 2.95. The zero-order valence-electron chi connectivity index (χ0n) is 11.1. The summed E-state index contributed by atoms with van der Waals surface area (Å²) >= 11 is 0. The predicted octanol–water partition coefficient (Wildman–Crippen LogP) is 2.68. The SMILES string of the molecule is COc1ccc(C(C)(C)C)cc1-c1cc(=O)[nH][nH]1. The van der Waals surface area contributed by atoms with Crippen molar-refractivity contribution >= 4 is 0 Å². The van der Waals surface area contributed by atoms with Crippen LogP contribution < -0.4 is 10.3 Å². The molecule has 4 nitrogen and oxygen atoms in total. The Morgan fingerprint density at radius 3 is 2.33 bits per heavy atom.